The van der Waals surface area contributed by atoms with Gasteiger partial charge in [-0.15, -0.1) is 0 Å². The molecule has 2 heterocycles. The number of anilines is 1. The van der Waals surface area contributed by atoms with Crippen LogP contribution in [0.4, 0.5) is 5.82 Å². The van der Waals surface area contributed by atoms with Crippen molar-refractivity contribution in [3.05, 3.63) is 41.1 Å². The van der Waals surface area contributed by atoms with E-state index in [9.17, 15) is 4.79 Å². The lowest BCUT2D eigenvalue weighted by atomic mass is 10.3. The molecule has 0 aromatic carbocycles. The molecule has 2 N–H and O–H groups in total. The summed E-state index contributed by atoms with van der Waals surface area (Å²) in [5.41, 5.74) is 0.208. The highest BCUT2D eigenvalue weighted by molar-refractivity contribution is 6.33. The van der Waals surface area contributed by atoms with Gasteiger partial charge in [0, 0.05) is 26.0 Å². The summed E-state index contributed by atoms with van der Waals surface area (Å²) in [6.07, 6.45) is 3.50. The number of nitrogens with zero attached hydrogens (tertiary/aromatic N) is 3. The van der Waals surface area contributed by atoms with E-state index in [-0.39, 0.29) is 11.6 Å². The van der Waals surface area contributed by atoms with Gasteiger partial charge in [0.1, 0.15) is 17.3 Å². The lowest BCUT2D eigenvalue weighted by Gasteiger charge is -2.08. The number of nitrogens with one attached hydrogen (secondary N) is 2. The smallest absolute Gasteiger partial charge is 0.271 e. The number of hydrogen-bond donors (Lipinski definition) is 2. The zero-order valence-electron chi connectivity index (χ0n) is 11.4. The van der Waals surface area contributed by atoms with Crippen LogP contribution in [0.5, 0.6) is 0 Å². The SMILES string of the molecule is CCNc1ccc(Cl)c(C(=O)NCc2nccn2C)n1. The van der Waals surface area contributed by atoms with Crippen molar-refractivity contribution in [3.63, 3.8) is 0 Å². The summed E-state index contributed by atoms with van der Waals surface area (Å²) in [5.74, 6) is 1.06. The van der Waals surface area contributed by atoms with Crippen molar-refractivity contribution < 1.29 is 4.79 Å². The van der Waals surface area contributed by atoms with Gasteiger partial charge in [-0.1, -0.05) is 11.6 Å². The van der Waals surface area contributed by atoms with Gasteiger partial charge < -0.3 is 15.2 Å². The van der Waals surface area contributed by atoms with E-state index < -0.39 is 0 Å². The Bertz CT molecular complexity index is 611. The van der Waals surface area contributed by atoms with Crippen LogP contribution in [-0.4, -0.2) is 27.0 Å². The maximum atomic E-state index is 12.1. The molecule has 20 heavy (non-hydrogen) atoms. The fourth-order valence-electron chi connectivity index (χ4n) is 1.69. The maximum Gasteiger partial charge on any atom is 0.271 e. The Hall–Kier alpha value is -2.08. The molecule has 0 bridgehead atoms. The second kappa shape index (κ2) is 6.38. The van der Waals surface area contributed by atoms with E-state index in [0.29, 0.717) is 17.4 Å². The molecule has 0 saturated carbocycles. The quantitative estimate of drug-likeness (QED) is 0.882. The Morgan fingerprint density at radius 3 is 2.90 bits per heavy atom. The molecule has 0 spiro atoms. The fourth-order valence-corrected chi connectivity index (χ4v) is 1.88. The first-order chi connectivity index (χ1) is 9.61. The lowest BCUT2D eigenvalue weighted by Crippen LogP contribution is -2.25. The number of imidazole rings is 1. The molecule has 0 aliphatic rings. The van der Waals surface area contributed by atoms with E-state index in [1.165, 1.54) is 0 Å². The Labute approximate surface area is 122 Å². The Balaban J connectivity index is 2.08. The second-order valence-electron chi connectivity index (χ2n) is 4.19. The predicted octanol–water partition coefficient (Wildman–Crippen LogP) is 1.83. The lowest BCUT2D eigenvalue weighted by molar-refractivity contribution is 0.0945. The number of rotatable bonds is 5. The number of aromatic nitrogens is 3. The fraction of sp³-hybridized carbons (Fsp3) is 0.308. The minimum absolute atomic E-state index is 0.208. The summed E-state index contributed by atoms with van der Waals surface area (Å²) >= 11 is 6.01. The van der Waals surface area contributed by atoms with E-state index in [1.807, 2.05) is 24.7 Å². The number of halogens is 1. The predicted molar refractivity (Wildman–Crippen MR) is 77.8 cm³/mol. The zero-order valence-corrected chi connectivity index (χ0v) is 12.1. The van der Waals surface area contributed by atoms with E-state index in [2.05, 4.69) is 20.6 Å². The number of carbonyl (C=O) groups is 1. The molecule has 0 unspecified atom stereocenters. The first-order valence-corrected chi connectivity index (χ1v) is 6.64. The van der Waals surface area contributed by atoms with Gasteiger partial charge >= 0.3 is 0 Å². The third-order valence-corrected chi connectivity index (χ3v) is 3.05. The minimum atomic E-state index is -0.322. The largest absolute Gasteiger partial charge is 0.370 e. The number of pyridine rings is 1. The summed E-state index contributed by atoms with van der Waals surface area (Å²) in [6.45, 7) is 3.01. The summed E-state index contributed by atoms with van der Waals surface area (Å²) < 4.78 is 1.84. The molecule has 6 nitrogen and oxygen atoms in total. The number of aryl methyl sites for hydroxylation is 1. The average Bonchev–Trinajstić information content (AvgIpc) is 2.84. The normalized spacial score (nSPS) is 10.3. The van der Waals surface area contributed by atoms with E-state index >= 15 is 0 Å². The summed E-state index contributed by atoms with van der Waals surface area (Å²) in [4.78, 5) is 20.4. The average molecular weight is 294 g/mol. The highest BCUT2D eigenvalue weighted by Crippen LogP contribution is 2.16. The van der Waals surface area contributed by atoms with Crippen molar-refractivity contribution in [3.8, 4) is 0 Å². The van der Waals surface area contributed by atoms with Crippen LogP contribution in [0, 0.1) is 0 Å². The molecule has 1 amide bonds. The van der Waals surface area contributed by atoms with Crippen LogP contribution in [0.2, 0.25) is 5.02 Å². The Morgan fingerprint density at radius 1 is 1.45 bits per heavy atom. The van der Waals surface area contributed by atoms with Crippen molar-refractivity contribution >= 4 is 23.3 Å². The summed E-state index contributed by atoms with van der Waals surface area (Å²) in [7, 11) is 1.87. The van der Waals surface area contributed by atoms with Crippen LogP contribution in [0.25, 0.3) is 0 Å². The van der Waals surface area contributed by atoms with Crippen LogP contribution >= 0.6 is 11.6 Å². The standard InChI is InChI=1S/C13H16ClN5O/c1-3-15-10-5-4-9(14)12(18-10)13(20)17-8-11-16-6-7-19(11)2/h4-7H,3,8H2,1-2H3,(H,15,18)(H,17,20). The van der Waals surface area contributed by atoms with Crippen LogP contribution in [0.3, 0.4) is 0 Å². The molecule has 2 rings (SSSR count). The summed E-state index contributed by atoms with van der Waals surface area (Å²) in [5, 5.41) is 6.12. The Morgan fingerprint density at radius 2 is 2.25 bits per heavy atom. The molecule has 2 aromatic heterocycles. The first kappa shape index (κ1) is 14.3. The molecule has 0 radical (unpaired) electrons. The molecule has 106 valence electrons. The monoisotopic (exact) mass is 293 g/mol. The topological polar surface area (TPSA) is 71.8 Å². The van der Waals surface area contributed by atoms with Crippen molar-refractivity contribution in [2.45, 2.75) is 13.5 Å². The van der Waals surface area contributed by atoms with Crippen LogP contribution in [-0.2, 0) is 13.6 Å². The van der Waals surface area contributed by atoms with Gasteiger partial charge in [0.25, 0.3) is 5.91 Å². The third-order valence-electron chi connectivity index (χ3n) is 2.75. The molecule has 0 fully saturated rings. The number of amides is 1. The van der Waals surface area contributed by atoms with E-state index in [0.717, 1.165) is 12.4 Å². The molecule has 2 aromatic rings. The zero-order chi connectivity index (χ0) is 14.5. The molecule has 0 aliphatic carbocycles. The molecule has 7 heteroatoms. The molecular formula is C13H16ClN5O. The number of hydrogen-bond acceptors (Lipinski definition) is 4. The van der Waals surface area contributed by atoms with Gasteiger partial charge in [0.2, 0.25) is 0 Å². The highest BCUT2D eigenvalue weighted by Gasteiger charge is 2.13. The minimum Gasteiger partial charge on any atom is -0.370 e. The van der Waals surface area contributed by atoms with Crippen LogP contribution < -0.4 is 10.6 Å². The third kappa shape index (κ3) is 3.27. The molecule has 0 aliphatic heterocycles. The van der Waals surface area contributed by atoms with Crippen LogP contribution in [0.15, 0.2) is 24.5 Å². The molecule has 0 atom stereocenters. The molecular weight excluding hydrogens is 278 g/mol. The number of carbonyl (C=O) groups excluding carboxylic acids is 1. The Kier molecular flexibility index (Phi) is 4.57. The highest BCUT2D eigenvalue weighted by atomic mass is 35.5. The maximum absolute atomic E-state index is 12.1. The van der Waals surface area contributed by atoms with Gasteiger partial charge in [0.15, 0.2) is 0 Å². The van der Waals surface area contributed by atoms with Crippen molar-refractivity contribution in [1.29, 1.82) is 0 Å². The van der Waals surface area contributed by atoms with Gasteiger partial charge in [-0.25, -0.2) is 9.97 Å². The van der Waals surface area contributed by atoms with Gasteiger partial charge in [-0.3, -0.25) is 4.79 Å². The second-order valence-corrected chi connectivity index (χ2v) is 4.60. The molecule has 0 saturated heterocycles. The van der Waals surface area contributed by atoms with E-state index in [4.69, 9.17) is 11.6 Å². The van der Waals surface area contributed by atoms with Crippen molar-refractivity contribution in [2.75, 3.05) is 11.9 Å². The first-order valence-electron chi connectivity index (χ1n) is 6.26. The van der Waals surface area contributed by atoms with Crippen molar-refractivity contribution in [2.24, 2.45) is 7.05 Å². The van der Waals surface area contributed by atoms with Gasteiger partial charge in [-0.2, -0.15) is 0 Å². The van der Waals surface area contributed by atoms with Crippen LogP contribution in [0.1, 0.15) is 23.2 Å². The van der Waals surface area contributed by atoms with E-state index in [1.54, 1.807) is 18.3 Å². The van der Waals surface area contributed by atoms with Gasteiger partial charge in [0.05, 0.1) is 11.6 Å². The van der Waals surface area contributed by atoms with Crippen molar-refractivity contribution in [1.82, 2.24) is 19.9 Å². The van der Waals surface area contributed by atoms with Gasteiger partial charge in [-0.05, 0) is 19.1 Å². The summed E-state index contributed by atoms with van der Waals surface area (Å²) in [6, 6.07) is 3.39.